The van der Waals surface area contributed by atoms with E-state index in [-0.39, 0.29) is 5.91 Å². The van der Waals surface area contributed by atoms with E-state index in [1.807, 2.05) is 17.1 Å². The molecule has 4 heterocycles. The molecule has 1 N–H and O–H groups in total. The van der Waals surface area contributed by atoms with Crippen LogP contribution in [0.15, 0.2) is 41.7 Å². The fraction of sp³-hybridized carbons (Fsp3) is 0.250. The van der Waals surface area contributed by atoms with E-state index in [1.54, 1.807) is 12.3 Å². The van der Waals surface area contributed by atoms with Crippen molar-refractivity contribution >= 4 is 27.8 Å². The summed E-state index contributed by atoms with van der Waals surface area (Å²) in [6.07, 6.45) is 10.1. The monoisotopic (exact) mass is 399 g/mol. The Hall–Kier alpha value is -2.68. The van der Waals surface area contributed by atoms with E-state index in [4.69, 9.17) is 0 Å². The Morgan fingerprint density at radius 1 is 1.20 bits per heavy atom. The van der Waals surface area contributed by atoms with Gasteiger partial charge in [-0.3, -0.25) is 15.1 Å². The second-order valence-electron chi connectivity index (χ2n) is 5.79. The molecule has 9 heteroatoms. The molecule has 0 aromatic carbocycles. The largest absolute Gasteiger partial charge is 0.289 e. The van der Waals surface area contributed by atoms with E-state index in [2.05, 4.69) is 46.3 Å². The average Bonchev–Trinajstić information content (AvgIpc) is 3.03. The minimum atomic E-state index is -0.287. The maximum atomic E-state index is 12.3. The van der Waals surface area contributed by atoms with Gasteiger partial charge in [-0.1, -0.05) is 0 Å². The van der Waals surface area contributed by atoms with Crippen LogP contribution in [0, 0.1) is 0 Å². The average molecular weight is 400 g/mol. The Morgan fingerprint density at radius 2 is 2.04 bits per heavy atom. The summed E-state index contributed by atoms with van der Waals surface area (Å²) < 4.78 is 2.58. The third kappa shape index (κ3) is 3.41. The topological polar surface area (TPSA) is 98.5 Å². The van der Waals surface area contributed by atoms with Gasteiger partial charge in [0.25, 0.3) is 5.91 Å². The number of halogens is 1. The molecule has 0 bridgehead atoms. The summed E-state index contributed by atoms with van der Waals surface area (Å²) in [5, 5.41) is 7.14. The molecule has 4 rings (SSSR count). The summed E-state index contributed by atoms with van der Waals surface area (Å²) in [7, 11) is 0. The molecular weight excluding hydrogens is 386 g/mol. The van der Waals surface area contributed by atoms with Crippen LogP contribution < -0.4 is 5.32 Å². The second kappa shape index (κ2) is 6.67. The molecule has 3 aromatic rings. The molecule has 3 aromatic heterocycles. The summed E-state index contributed by atoms with van der Waals surface area (Å²) in [4.78, 5) is 28.9. The van der Waals surface area contributed by atoms with Crippen molar-refractivity contribution in [1.82, 2.24) is 29.7 Å². The van der Waals surface area contributed by atoms with Crippen LogP contribution in [0.4, 0.5) is 5.95 Å². The Kier molecular flexibility index (Phi) is 4.22. The zero-order valence-electron chi connectivity index (χ0n) is 13.1. The van der Waals surface area contributed by atoms with Gasteiger partial charge in [-0.25, -0.2) is 14.6 Å². The van der Waals surface area contributed by atoms with E-state index in [1.165, 1.54) is 12.5 Å². The molecule has 0 aliphatic carbocycles. The van der Waals surface area contributed by atoms with Crippen molar-refractivity contribution in [1.29, 1.82) is 0 Å². The quantitative estimate of drug-likeness (QED) is 0.724. The van der Waals surface area contributed by atoms with E-state index >= 15 is 0 Å². The number of carbonyl (C=O) groups is 1. The first-order valence-electron chi connectivity index (χ1n) is 7.79. The van der Waals surface area contributed by atoms with Crippen LogP contribution in [0.25, 0.3) is 0 Å². The van der Waals surface area contributed by atoms with E-state index in [9.17, 15) is 4.79 Å². The molecule has 1 amide bonds. The number of carbonyl (C=O) groups excluding carboxylic acids is 1. The maximum absolute atomic E-state index is 12.3. The molecular formula is C16H14BrN7O. The van der Waals surface area contributed by atoms with Crippen LogP contribution in [0.5, 0.6) is 0 Å². The zero-order valence-corrected chi connectivity index (χ0v) is 14.7. The lowest BCUT2D eigenvalue weighted by Crippen LogP contribution is -2.20. The van der Waals surface area contributed by atoms with Crippen LogP contribution in [-0.2, 0) is 13.0 Å². The lowest BCUT2D eigenvalue weighted by molar-refractivity contribution is 0.102. The van der Waals surface area contributed by atoms with Gasteiger partial charge in [-0.05, 0) is 34.0 Å². The predicted molar refractivity (Wildman–Crippen MR) is 93.0 cm³/mol. The summed E-state index contributed by atoms with van der Waals surface area (Å²) in [5.74, 6) is 1.19. The van der Waals surface area contributed by atoms with E-state index < -0.39 is 0 Å². The highest BCUT2D eigenvalue weighted by molar-refractivity contribution is 9.10. The van der Waals surface area contributed by atoms with Crippen molar-refractivity contribution in [2.45, 2.75) is 25.3 Å². The van der Waals surface area contributed by atoms with Crippen LogP contribution >= 0.6 is 15.9 Å². The van der Waals surface area contributed by atoms with Gasteiger partial charge in [-0.2, -0.15) is 4.98 Å². The molecule has 0 spiro atoms. The minimum Gasteiger partial charge on any atom is -0.289 e. The number of nitrogens with one attached hydrogen (secondary N) is 1. The number of nitrogens with zero attached hydrogens (tertiary/aromatic N) is 6. The Bertz CT molecular complexity index is 912. The molecule has 0 radical (unpaired) electrons. The maximum Gasteiger partial charge on any atom is 0.259 e. The zero-order chi connectivity index (χ0) is 17.2. The number of fused-ring (bicyclic) bond motifs is 1. The summed E-state index contributed by atoms with van der Waals surface area (Å²) in [5.41, 5.74) is 1.54. The van der Waals surface area contributed by atoms with Crippen molar-refractivity contribution in [3.8, 4) is 0 Å². The van der Waals surface area contributed by atoms with Crippen LogP contribution in [0.1, 0.15) is 34.1 Å². The highest BCUT2D eigenvalue weighted by atomic mass is 79.9. The molecule has 25 heavy (non-hydrogen) atoms. The number of hydrogen-bond acceptors (Lipinski definition) is 6. The van der Waals surface area contributed by atoms with E-state index in [0.717, 1.165) is 28.7 Å². The summed E-state index contributed by atoms with van der Waals surface area (Å²) in [6, 6.07) is 1.70. The standard InChI is InChI=1S/C16H14BrN7O/c17-13-3-11(4-18-7-13)15(25)22-16-21-14-2-1-10(8-24(14)23-16)12-5-19-9-20-6-12/h3-7,9-10H,1-2,8H2,(H,22,23,25). The summed E-state index contributed by atoms with van der Waals surface area (Å²) >= 11 is 3.30. The van der Waals surface area contributed by atoms with Crippen molar-refractivity contribution in [3.05, 3.63) is 58.6 Å². The lowest BCUT2D eigenvalue weighted by Gasteiger charge is -2.21. The van der Waals surface area contributed by atoms with E-state index in [0.29, 0.717) is 24.0 Å². The summed E-state index contributed by atoms with van der Waals surface area (Å²) in [6.45, 7) is 0.698. The number of amides is 1. The highest BCUT2D eigenvalue weighted by Gasteiger charge is 2.24. The van der Waals surface area contributed by atoms with Gasteiger partial charge >= 0.3 is 0 Å². The minimum absolute atomic E-state index is 0.287. The lowest BCUT2D eigenvalue weighted by atomic mass is 9.94. The number of aryl methyl sites for hydroxylation is 1. The molecule has 1 atom stereocenters. The number of rotatable bonds is 3. The van der Waals surface area contributed by atoms with Crippen LogP contribution in [-0.4, -0.2) is 35.6 Å². The molecule has 8 nitrogen and oxygen atoms in total. The highest BCUT2D eigenvalue weighted by Crippen LogP contribution is 2.27. The number of pyridine rings is 1. The molecule has 1 aliphatic heterocycles. The van der Waals surface area contributed by atoms with Gasteiger partial charge in [0.15, 0.2) is 0 Å². The molecule has 0 saturated heterocycles. The van der Waals surface area contributed by atoms with Crippen molar-refractivity contribution in [2.24, 2.45) is 0 Å². The van der Waals surface area contributed by atoms with Crippen molar-refractivity contribution in [3.63, 3.8) is 0 Å². The number of anilines is 1. The van der Waals surface area contributed by atoms with Gasteiger partial charge in [-0.15, -0.1) is 5.10 Å². The first-order valence-corrected chi connectivity index (χ1v) is 8.59. The van der Waals surface area contributed by atoms with Crippen LogP contribution in [0.2, 0.25) is 0 Å². The van der Waals surface area contributed by atoms with Gasteiger partial charge in [0.2, 0.25) is 5.95 Å². The number of hydrogen-bond donors (Lipinski definition) is 1. The smallest absolute Gasteiger partial charge is 0.259 e. The second-order valence-corrected chi connectivity index (χ2v) is 6.70. The van der Waals surface area contributed by atoms with Crippen molar-refractivity contribution < 1.29 is 4.79 Å². The molecule has 0 fully saturated rings. The third-order valence-electron chi connectivity index (χ3n) is 4.10. The van der Waals surface area contributed by atoms with Gasteiger partial charge in [0, 0.05) is 41.6 Å². The van der Waals surface area contributed by atoms with Gasteiger partial charge in [0.1, 0.15) is 12.2 Å². The van der Waals surface area contributed by atoms with Crippen LogP contribution in [0.3, 0.4) is 0 Å². The Labute approximate surface area is 151 Å². The first-order chi connectivity index (χ1) is 12.2. The molecule has 1 unspecified atom stereocenters. The van der Waals surface area contributed by atoms with Gasteiger partial charge < -0.3 is 0 Å². The van der Waals surface area contributed by atoms with Gasteiger partial charge in [0.05, 0.1) is 12.1 Å². The molecule has 126 valence electrons. The van der Waals surface area contributed by atoms with Crippen molar-refractivity contribution in [2.75, 3.05) is 5.32 Å². The fourth-order valence-electron chi connectivity index (χ4n) is 2.87. The SMILES string of the molecule is O=C(Nc1nc2n(n1)CC(c1cncnc1)CC2)c1cncc(Br)c1. The normalized spacial score (nSPS) is 16.3. The molecule has 1 aliphatic rings. The Morgan fingerprint density at radius 3 is 2.84 bits per heavy atom. The fourth-order valence-corrected chi connectivity index (χ4v) is 3.23. The number of aromatic nitrogens is 6. The predicted octanol–water partition coefficient (Wildman–Crippen LogP) is 2.21. The first kappa shape index (κ1) is 15.8. The molecule has 0 saturated carbocycles. The Balaban J connectivity index is 1.50. The third-order valence-corrected chi connectivity index (χ3v) is 4.54.